The molecule has 0 aliphatic rings. The van der Waals surface area contributed by atoms with Gasteiger partial charge in [0.25, 0.3) is 10.0 Å². The molecule has 2 aromatic rings. The lowest BCUT2D eigenvalue weighted by Gasteiger charge is -2.28. The Balaban J connectivity index is 2.65. The molecule has 0 bridgehead atoms. The highest BCUT2D eigenvalue weighted by Gasteiger charge is 2.34. The fourth-order valence-corrected chi connectivity index (χ4v) is 4.17. The minimum absolute atomic E-state index is 0.117. The molecule has 0 spiro atoms. The number of sulfonamides is 1. The summed E-state index contributed by atoms with van der Waals surface area (Å²) in [6.07, 6.45) is 0.130. The van der Waals surface area contributed by atoms with E-state index in [1.165, 1.54) is 0 Å². The molecular formula is C21H27NO3S. The van der Waals surface area contributed by atoms with E-state index >= 15 is 0 Å². The molecule has 0 N–H and O–H groups in total. The third kappa shape index (κ3) is 4.33. The topological polar surface area (TPSA) is 54.5 Å². The average Bonchev–Trinajstić information content (AvgIpc) is 2.50. The van der Waals surface area contributed by atoms with Crippen LogP contribution in [0.3, 0.4) is 0 Å². The monoisotopic (exact) mass is 373 g/mol. The maximum Gasteiger partial charge on any atom is 0.270 e. The smallest absolute Gasteiger partial charge is 0.270 e. The van der Waals surface area contributed by atoms with E-state index in [-0.39, 0.29) is 16.7 Å². The molecule has 0 unspecified atom stereocenters. The Morgan fingerprint density at radius 1 is 0.962 bits per heavy atom. The second-order valence-corrected chi connectivity index (χ2v) is 9.72. The molecule has 2 rings (SSSR count). The predicted octanol–water partition coefficient (Wildman–Crippen LogP) is 4.77. The average molecular weight is 374 g/mol. The quantitative estimate of drug-likeness (QED) is 0.776. The van der Waals surface area contributed by atoms with Crippen molar-refractivity contribution in [3.8, 4) is 0 Å². The summed E-state index contributed by atoms with van der Waals surface area (Å²) in [5, 5.41) is 0. The molecule has 140 valence electrons. The molecule has 0 saturated carbocycles. The van der Waals surface area contributed by atoms with Crippen molar-refractivity contribution in [3.63, 3.8) is 0 Å². The van der Waals surface area contributed by atoms with Gasteiger partial charge in [0.15, 0.2) is 0 Å². The second-order valence-electron chi connectivity index (χ2n) is 7.93. The molecule has 26 heavy (non-hydrogen) atoms. The first-order chi connectivity index (χ1) is 11.9. The molecule has 0 saturated heterocycles. The molecule has 2 aromatic carbocycles. The third-order valence-electron chi connectivity index (χ3n) is 4.26. The summed E-state index contributed by atoms with van der Waals surface area (Å²) in [6, 6.07) is 11.9. The minimum Gasteiger partial charge on any atom is -0.273 e. The number of nitrogens with zero attached hydrogens (tertiary/aromatic N) is 1. The van der Waals surface area contributed by atoms with Crippen molar-refractivity contribution in [1.29, 1.82) is 0 Å². The number of aryl methyl sites for hydroxylation is 2. The maximum absolute atomic E-state index is 13.3. The molecule has 0 aliphatic heterocycles. The summed E-state index contributed by atoms with van der Waals surface area (Å²) in [7, 11) is -4.00. The van der Waals surface area contributed by atoms with E-state index in [0.29, 0.717) is 5.69 Å². The van der Waals surface area contributed by atoms with Crippen molar-refractivity contribution < 1.29 is 13.2 Å². The number of carbonyl (C=O) groups is 1. The van der Waals surface area contributed by atoms with E-state index in [4.69, 9.17) is 0 Å². The minimum atomic E-state index is -4.00. The number of hydrogen-bond donors (Lipinski definition) is 0. The summed E-state index contributed by atoms with van der Waals surface area (Å²) in [6.45, 7) is 11.4. The van der Waals surface area contributed by atoms with Gasteiger partial charge in [0, 0.05) is 6.42 Å². The van der Waals surface area contributed by atoms with Gasteiger partial charge in [-0.2, -0.15) is 0 Å². The SMILES string of the molecule is Cc1ccc(S(=O)(=O)N(C(=O)CC(C)(C)C)c2cccc(C)c2C)cc1. The van der Waals surface area contributed by atoms with Crippen LogP contribution in [-0.4, -0.2) is 14.3 Å². The van der Waals surface area contributed by atoms with Gasteiger partial charge in [-0.1, -0.05) is 50.6 Å². The first-order valence-corrected chi connectivity index (χ1v) is 10.1. The lowest BCUT2D eigenvalue weighted by Crippen LogP contribution is -2.39. The van der Waals surface area contributed by atoms with E-state index in [0.717, 1.165) is 21.0 Å². The Bertz CT molecular complexity index is 907. The molecule has 0 aliphatic carbocycles. The third-order valence-corrected chi connectivity index (χ3v) is 6.01. The number of amides is 1. The highest BCUT2D eigenvalue weighted by Crippen LogP contribution is 2.31. The summed E-state index contributed by atoms with van der Waals surface area (Å²) in [4.78, 5) is 13.2. The summed E-state index contributed by atoms with van der Waals surface area (Å²) in [5.41, 5.74) is 2.78. The first-order valence-electron chi connectivity index (χ1n) is 8.64. The Morgan fingerprint density at radius 3 is 2.08 bits per heavy atom. The van der Waals surface area contributed by atoms with Crippen LogP contribution >= 0.6 is 0 Å². The normalized spacial score (nSPS) is 12.1. The molecule has 0 fully saturated rings. The van der Waals surface area contributed by atoms with Gasteiger partial charge in [0.05, 0.1) is 10.6 Å². The zero-order chi connectivity index (χ0) is 19.7. The molecule has 0 heterocycles. The number of anilines is 1. The Morgan fingerprint density at radius 2 is 1.54 bits per heavy atom. The number of rotatable bonds is 4. The summed E-state index contributed by atoms with van der Waals surface area (Å²) in [5.74, 6) is -0.424. The van der Waals surface area contributed by atoms with E-state index in [9.17, 15) is 13.2 Å². The van der Waals surface area contributed by atoms with Gasteiger partial charge in [-0.15, -0.1) is 0 Å². The van der Waals surface area contributed by atoms with E-state index in [1.807, 2.05) is 47.6 Å². The van der Waals surface area contributed by atoms with E-state index in [2.05, 4.69) is 0 Å². The highest BCUT2D eigenvalue weighted by atomic mass is 32.2. The van der Waals surface area contributed by atoms with Gasteiger partial charge in [0.2, 0.25) is 5.91 Å². The van der Waals surface area contributed by atoms with E-state index < -0.39 is 15.9 Å². The van der Waals surface area contributed by atoms with Crippen LogP contribution in [-0.2, 0) is 14.8 Å². The van der Waals surface area contributed by atoms with Crippen molar-refractivity contribution in [2.75, 3.05) is 4.31 Å². The van der Waals surface area contributed by atoms with Crippen LogP contribution in [0.4, 0.5) is 5.69 Å². The van der Waals surface area contributed by atoms with Gasteiger partial charge < -0.3 is 0 Å². The lowest BCUT2D eigenvalue weighted by atomic mass is 9.92. The molecule has 0 aromatic heterocycles. The van der Waals surface area contributed by atoms with Crippen molar-refractivity contribution >= 4 is 21.6 Å². The number of hydrogen-bond acceptors (Lipinski definition) is 3. The Hall–Kier alpha value is -2.14. The summed E-state index contributed by atoms with van der Waals surface area (Å²) >= 11 is 0. The predicted molar refractivity (Wildman–Crippen MR) is 106 cm³/mol. The zero-order valence-corrected chi connectivity index (χ0v) is 17.1. The number of carbonyl (C=O) groups excluding carboxylic acids is 1. The molecular weight excluding hydrogens is 346 g/mol. The van der Waals surface area contributed by atoms with Crippen LogP contribution < -0.4 is 4.31 Å². The second kappa shape index (κ2) is 7.23. The standard InChI is InChI=1S/C21H27NO3S/c1-15-10-12-18(13-11-15)26(24,25)22(20(23)14-21(4,5)6)19-9-7-8-16(2)17(19)3/h7-13H,14H2,1-6H3. The van der Waals surface area contributed by atoms with Crippen molar-refractivity contribution in [2.24, 2.45) is 5.41 Å². The van der Waals surface area contributed by atoms with Gasteiger partial charge in [0.1, 0.15) is 0 Å². The molecule has 4 nitrogen and oxygen atoms in total. The van der Waals surface area contributed by atoms with Crippen LogP contribution in [0, 0.1) is 26.2 Å². The molecule has 0 atom stereocenters. The van der Waals surface area contributed by atoms with Gasteiger partial charge >= 0.3 is 0 Å². The van der Waals surface area contributed by atoms with Crippen LogP contribution in [0.25, 0.3) is 0 Å². The van der Waals surface area contributed by atoms with Gasteiger partial charge in [-0.05, 0) is 55.5 Å². The zero-order valence-electron chi connectivity index (χ0n) is 16.3. The largest absolute Gasteiger partial charge is 0.273 e. The first kappa shape index (κ1) is 20.2. The van der Waals surface area contributed by atoms with Gasteiger partial charge in [-0.3, -0.25) is 4.79 Å². The van der Waals surface area contributed by atoms with Crippen LogP contribution in [0.1, 0.15) is 43.9 Å². The van der Waals surface area contributed by atoms with Crippen LogP contribution in [0.2, 0.25) is 0 Å². The van der Waals surface area contributed by atoms with Crippen LogP contribution in [0.5, 0.6) is 0 Å². The lowest BCUT2D eigenvalue weighted by molar-refractivity contribution is -0.119. The number of benzene rings is 2. The van der Waals surface area contributed by atoms with Crippen molar-refractivity contribution in [2.45, 2.75) is 52.9 Å². The Kier molecular flexibility index (Phi) is 5.61. The maximum atomic E-state index is 13.3. The Labute approximate surface area is 156 Å². The molecule has 5 heteroatoms. The fraction of sp³-hybridized carbons (Fsp3) is 0.381. The van der Waals surface area contributed by atoms with Crippen molar-refractivity contribution in [1.82, 2.24) is 0 Å². The van der Waals surface area contributed by atoms with Crippen molar-refractivity contribution in [3.05, 3.63) is 59.2 Å². The van der Waals surface area contributed by atoms with Gasteiger partial charge in [-0.25, -0.2) is 12.7 Å². The molecule has 0 radical (unpaired) electrons. The molecule has 1 amide bonds. The summed E-state index contributed by atoms with van der Waals surface area (Å²) < 4.78 is 27.7. The fourth-order valence-electron chi connectivity index (χ4n) is 2.69. The van der Waals surface area contributed by atoms with Crippen LogP contribution in [0.15, 0.2) is 47.4 Å². The highest BCUT2D eigenvalue weighted by molar-refractivity contribution is 7.93. The van der Waals surface area contributed by atoms with E-state index in [1.54, 1.807) is 36.4 Å².